The van der Waals surface area contributed by atoms with E-state index in [9.17, 15) is 4.39 Å². The minimum Gasteiger partial charge on any atom is -0.206 e. The van der Waals surface area contributed by atoms with Gasteiger partial charge in [-0.25, -0.2) is 4.39 Å². The van der Waals surface area contributed by atoms with E-state index in [2.05, 4.69) is 6.58 Å². The van der Waals surface area contributed by atoms with E-state index in [4.69, 9.17) is 0 Å². The van der Waals surface area contributed by atoms with Gasteiger partial charge in [0.15, 0.2) is 0 Å². The Bertz CT molecular complexity index is 216. The van der Waals surface area contributed by atoms with E-state index in [0.29, 0.717) is 5.56 Å². The first-order chi connectivity index (χ1) is 4.34. The van der Waals surface area contributed by atoms with Crippen molar-refractivity contribution in [3.8, 4) is 0 Å². The van der Waals surface area contributed by atoms with E-state index >= 15 is 0 Å². The molecule has 0 unspecified atom stereocenters. The summed E-state index contributed by atoms with van der Waals surface area (Å²) in [6.07, 6.45) is 1.50. The van der Waals surface area contributed by atoms with Crippen molar-refractivity contribution in [1.29, 1.82) is 0 Å². The Morgan fingerprint density at radius 3 is 2.44 bits per heavy atom. The highest BCUT2D eigenvalue weighted by atomic mass is 19.1. The van der Waals surface area contributed by atoms with E-state index in [-0.39, 0.29) is 5.82 Å². The quantitative estimate of drug-likeness (QED) is 0.536. The molecule has 1 heteroatoms. The average molecular weight is 122 g/mol. The molecule has 9 heavy (non-hydrogen) atoms. The molecule has 0 bridgehead atoms. The molecule has 0 aliphatic heterocycles. The van der Waals surface area contributed by atoms with Crippen molar-refractivity contribution in [2.45, 2.75) is 0 Å². The third kappa shape index (κ3) is 1.17. The Hall–Kier alpha value is -1.11. The number of hydrogen-bond acceptors (Lipinski definition) is 0. The summed E-state index contributed by atoms with van der Waals surface area (Å²) in [4.78, 5) is 0. The Morgan fingerprint density at radius 2 is 2.00 bits per heavy atom. The van der Waals surface area contributed by atoms with Crippen molar-refractivity contribution >= 4 is 6.08 Å². The average Bonchev–Trinajstić information content (AvgIpc) is 1.89. The molecule has 0 N–H and O–H groups in total. The first-order valence-corrected chi connectivity index (χ1v) is 2.71. The van der Waals surface area contributed by atoms with Crippen molar-refractivity contribution in [2.24, 2.45) is 0 Å². The van der Waals surface area contributed by atoms with Gasteiger partial charge in [-0.2, -0.15) is 0 Å². The summed E-state index contributed by atoms with van der Waals surface area (Å²) in [6.45, 7) is 3.45. The van der Waals surface area contributed by atoms with Crippen molar-refractivity contribution in [3.63, 3.8) is 0 Å². The van der Waals surface area contributed by atoms with E-state index in [0.717, 1.165) is 0 Å². The van der Waals surface area contributed by atoms with Crippen LogP contribution >= 0.6 is 0 Å². The molecule has 0 saturated heterocycles. The molecule has 0 saturated carbocycles. The minimum atomic E-state index is -0.215. The lowest BCUT2D eigenvalue weighted by atomic mass is 10.2. The third-order valence-electron chi connectivity index (χ3n) is 1.13. The Kier molecular flexibility index (Phi) is 1.63. The van der Waals surface area contributed by atoms with Crippen LogP contribution in [0.3, 0.4) is 0 Å². The third-order valence-corrected chi connectivity index (χ3v) is 1.13. The van der Waals surface area contributed by atoms with Gasteiger partial charge in [0.2, 0.25) is 0 Å². The van der Waals surface area contributed by atoms with Crippen LogP contribution in [0.25, 0.3) is 6.08 Å². The molecule has 0 spiro atoms. The molecule has 0 nitrogen and oxygen atoms in total. The largest absolute Gasteiger partial charge is 0.206 e. The summed E-state index contributed by atoms with van der Waals surface area (Å²) in [5.41, 5.74) is 0.553. The zero-order valence-electron chi connectivity index (χ0n) is 4.97. The van der Waals surface area contributed by atoms with Crippen LogP contribution in [0.5, 0.6) is 0 Å². The maximum absolute atomic E-state index is 12.5. The highest BCUT2D eigenvalue weighted by Crippen LogP contribution is 2.05. The summed E-state index contributed by atoms with van der Waals surface area (Å²) in [7, 11) is 0. The molecule has 1 aromatic rings. The van der Waals surface area contributed by atoms with Crippen molar-refractivity contribution in [2.75, 3.05) is 0 Å². The lowest BCUT2D eigenvalue weighted by Crippen LogP contribution is -1.76. The number of halogens is 1. The predicted molar refractivity (Wildman–Crippen MR) is 36.5 cm³/mol. The van der Waals surface area contributed by atoms with Crippen molar-refractivity contribution in [3.05, 3.63) is 42.2 Å². The summed E-state index contributed by atoms with van der Waals surface area (Å²) in [5, 5.41) is 0. The van der Waals surface area contributed by atoms with E-state index in [1.54, 1.807) is 18.2 Å². The Labute approximate surface area is 53.6 Å². The van der Waals surface area contributed by atoms with Gasteiger partial charge in [0.05, 0.1) is 0 Å². The molecule has 0 fully saturated rings. The molecule has 0 aromatic heterocycles. The second-order valence-corrected chi connectivity index (χ2v) is 1.73. The van der Waals surface area contributed by atoms with Gasteiger partial charge < -0.3 is 0 Å². The maximum atomic E-state index is 12.5. The SMILES string of the molecule is C=Cc1ccccc1F. The number of hydrogen-bond donors (Lipinski definition) is 0. The molecular weight excluding hydrogens is 115 g/mol. The monoisotopic (exact) mass is 122 g/mol. The van der Waals surface area contributed by atoms with Crippen LogP contribution < -0.4 is 0 Å². The standard InChI is InChI=1S/C8H7F/c1-2-7-5-3-4-6-8(7)9/h2-6H,1H2. The van der Waals surface area contributed by atoms with E-state index in [1.165, 1.54) is 12.1 Å². The molecule has 0 aliphatic carbocycles. The summed E-state index contributed by atoms with van der Waals surface area (Å²) < 4.78 is 12.5. The van der Waals surface area contributed by atoms with Gasteiger partial charge in [-0.1, -0.05) is 30.9 Å². The van der Waals surface area contributed by atoms with Crippen LogP contribution in [0.1, 0.15) is 5.56 Å². The van der Waals surface area contributed by atoms with Crippen LogP contribution in [0, 0.1) is 5.82 Å². The molecule has 0 radical (unpaired) electrons. The van der Waals surface area contributed by atoms with E-state index < -0.39 is 0 Å². The van der Waals surface area contributed by atoms with Gasteiger partial charge in [-0.3, -0.25) is 0 Å². The molecule has 0 aliphatic rings. The summed E-state index contributed by atoms with van der Waals surface area (Å²) >= 11 is 0. The lowest BCUT2D eigenvalue weighted by Gasteiger charge is -1.91. The van der Waals surface area contributed by atoms with Crippen LogP contribution in [0.15, 0.2) is 30.8 Å². The van der Waals surface area contributed by atoms with Crippen LogP contribution in [0.2, 0.25) is 0 Å². The Balaban J connectivity index is 3.15. The molecule has 0 amide bonds. The highest BCUT2D eigenvalue weighted by molar-refractivity contribution is 5.46. The van der Waals surface area contributed by atoms with Crippen molar-refractivity contribution in [1.82, 2.24) is 0 Å². The minimum absolute atomic E-state index is 0.215. The second-order valence-electron chi connectivity index (χ2n) is 1.73. The first-order valence-electron chi connectivity index (χ1n) is 2.71. The van der Waals surface area contributed by atoms with Crippen LogP contribution in [-0.4, -0.2) is 0 Å². The maximum Gasteiger partial charge on any atom is 0.130 e. The van der Waals surface area contributed by atoms with Gasteiger partial charge in [-0.15, -0.1) is 0 Å². The first kappa shape index (κ1) is 6.02. The van der Waals surface area contributed by atoms with E-state index in [1.807, 2.05) is 0 Å². The molecule has 0 atom stereocenters. The molecular formula is C8H7F. The smallest absolute Gasteiger partial charge is 0.130 e. The van der Waals surface area contributed by atoms with Gasteiger partial charge in [0, 0.05) is 5.56 Å². The number of rotatable bonds is 1. The molecule has 46 valence electrons. The topological polar surface area (TPSA) is 0 Å². The molecule has 1 rings (SSSR count). The zero-order valence-corrected chi connectivity index (χ0v) is 4.97. The van der Waals surface area contributed by atoms with Gasteiger partial charge in [-0.05, 0) is 6.07 Å². The van der Waals surface area contributed by atoms with Crippen LogP contribution in [-0.2, 0) is 0 Å². The van der Waals surface area contributed by atoms with Gasteiger partial charge in [0.25, 0.3) is 0 Å². The lowest BCUT2D eigenvalue weighted by molar-refractivity contribution is 0.625. The predicted octanol–water partition coefficient (Wildman–Crippen LogP) is 2.47. The highest BCUT2D eigenvalue weighted by Gasteiger charge is 1.91. The van der Waals surface area contributed by atoms with Crippen molar-refractivity contribution < 1.29 is 4.39 Å². The normalized spacial score (nSPS) is 9.00. The van der Waals surface area contributed by atoms with Gasteiger partial charge >= 0.3 is 0 Å². The fourth-order valence-corrected chi connectivity index (χ4v) is 0.641. The zero-order chi connectivity index (χ0) is 6.69. The second kappa shape index (κ2) is 2.44. The summed E-state index contributed by atoms with van der Waals surface area (Å²) in [6, 6.07) is 6.53. The summed E-state index contributed by atoms with van der Waals surface area (Å²) in [5.74, 6) is -0.215. The molecule has 0 heterocycles. The fraction of sp³-hybridized carbons (Fsp3) is 0. The molecule has 1 aromatic carbocycles. The Morgan fingerprint density at radius 1 is 1.33 bits per heavy atom. The van der Waals surface area contributed by atoms with Gasteiger partial charge in [0.1, 0.15) is 5.82 Å². The number of benzene rings is 1. The van der Waals surface area contributed by atoms with Crippen LogP contribution in [0.4, 0.5) is 4.39 Å². The fourth-order valence-electron chi connectivity index (χ4n) is 0.641.